The maximum absolute atomic E-state index is 13.8. The molecule has 4 aromatic rings. The lowest BCUT2D eigenvalue weighted by Crippen LogP contribution is -2.34. The molecule has 0 unspecified atom stereocenters. The van der Waals surface area contributed by atoms with Gasteiger partial charge in [-0.15, -0.1) is 0 Å². The summed E-state index contributed by atoms with van der Waals surface area (Å²) in [6.45, 7) is 5.86. The molecule has 0 spiro atoms. The Morgan fingerprint density at radius 1 is 0.875 bits per heavy atom. The molecule has 2 heterocycles. The summed E-state index contributed by atoms with van der Waals surface area (Å²) in [4.78, 5) is 21.3. The summed E-state index contributed by atoms with van der Waals surface area (Å²) in [5.41, 5.74) is -1.40. The predicted octanol–water partition coefficient (Wildman–Crippen LogP) is 7.92. The Kier molecular flexibility index (Phi) is 7.70. The number of carbonyl (C=O) groups is 1. The molecule has 0 bridgehead atoms. The minimum Gasteiger partial charge on any atom is -0.359 e. The zero-order valence-corrected chi connectivity index (χ0v) is 21.8. The summed E-state index contributed by atoms with van der Waals surface area (Å²) < 4.78 is 94.1. The molecular formula is C29H26F7N3O. The highest BCUT2D eigenvalue weighted by molar-refractivity contribution is 6.04. The molecule has 0 radical (unpaired) electrons. The van der Waals surface area contributed by atoms with Gasteiger partial charge in [0.05, 0.1) is 11.1 Å². The Balaban J connectivity index is 1.71. The van der Waals surface area contributed by atoms with Gasteiger partial charge >= 0.3 is 12.4 Å². The van der Waals surface area contributed by atoms with E-state index in [0.29, 0.717) is 17.7 Å². The number of aromatic nitrogens is 2. The van der Waals surface area contributed by atoms with Crippen LogP contribution in [0.15, 0.2) is 60.8 Å². The lowest BCUT2D eigenvalue weighted by molar-refractivity contribution is -0.141. The second-order valence-corrected chi connectivity index (χ2v) is 10.5. The molecule has 2 aromatic heterocycles. The molecule has 1 N–H and O–H groups in total. The van der Waals surface area contributed by atoms with E-state index in [2.05, 4.69) is 9.97 Å². The molecule has 4 nitrogen and oxygen atoms in total. The number of benzene rings is 2. The molecule has 11 heteroatoms. The average Bonchev–Trinajstić information content (AvgIpc) is 3.34. The van der Waals surface area contributed by atoms with Crippen LogP contribution in [0.25, 0.3) is 10.9 Å². The van der Waals surface area contributed by atoms with E-state index in [9.17, 15) is 35.5 Å². The molecule has 1 amide bonds. The number of aromatic amines is 1. The molecule has 0 fully saturated rings. The zero-order chi connectivity index (χ0) is 29.5. The summed E-state index contributed by atoms with van der Waals surface area (Å²) >= 11 is 0. The first-order valence-electron chi connectivity index (χ1n) is 12.3. The summed E-state index contributed by atoms with van der Waals surface area (Å²) in [5, 5.41) is 0.133. The van der Waals surface area contributed by atoms with Crippen molar-refractivity contribution in [2.24, 2.45) is 0 Å². The van der Waals surface area contributed by atoms with Gasteiger partial charge in [-0.1, -0.05) is 51.1 Å². The van der Waals surface area contributed by atoms with E-state index >= 15 is 0 Å². The number of nitrogens with zero attached hydrogens (tertiary/aromatic N) is 2. The van der Waals surface area contributed by atoms with Crippen molar-refractivity contribution < 1.29 is 35.5 Å². The Morgan fingerprint density at radius 2 is 1.52 bits per heavy atom. The number of H-pyrrole nitrogens is 1. The molecule has 40 heavy (non-hydrogen) atoms. The second kappa shape index (κ2) is 10.6. The number of fused-ring (bicyclic) bond motifs is 1. The highest BCUT2D eigenvalue weighted by atomic mass is 19.4. The standard InChI is InChI=1S/C29H26F7N3O/c1-27(2,3)20-7-4-18(5-8-20)16-39(13-11-17-6-9-22(30)21(14-17)28(31,32)33)26(40)25-24-19(10-12-37-24)15-23(38-25)29(34,35)36/h4-10,12,14-15,37H,11,13,16H2,1-3H3. The number of amides is 1. The van der Waals surface area contributed by atoms with Crippen molar-refractivity contribution in [2.75, 3.05) is 6.54 Å². The predicted molar refractivity (Wildman–Crippen MR) is 136 cm³/mol. The number of hydrogen-bond donors (Lipinski definition) is 1. The van der Waals surface area contributed by atoms with Gasteiger partial charge in [-0.25, -0.2) is 9.37 Å². The van der Waals surface area contributed by atoms with Crippen LogP contribution in [0.1, 0.15) is 59.2 Å². The van der Waals surface area contributed by atoms with Gasteiger partial charge in [0.15, 0.2) is 5.69 Å². The maximum atomic E-state index is 13.8. The lowest BCUT2D eigenvalue weighted by atomic mass is 9.87. The van der Waals surface area contributed by atoms with Gasteiger partial charge in [-0.2, -0.15) is 26.3 Å². The number of nitrogens with one attached hydrogen (secondary N) is 1. The quantitative estimate of drug-likeness (QED) is 0.242. The van der Waals surface area contributed by atoms with Crippen LogP contribution in [-0.2, 0) is 30.7 Å². The second-order valence-electron chi connectivity index (χ2n) is 10.5. The Bertz CT molecular complexity index is 1510. The van der Waals surface area contributed by atoms with E-state index in [0.717, 1.165) is 11.6 Å². The average molecular weight is 566 g/mol. The van der Waals surface area contributed by atoms with Gasteiger partial charge < -0.3 is 9.88 Å². The van der Waals surface area contributed by atoms with Crippen LogP contribution in [-0.4, -0.2) is 27.3 Å². The number of rotatable bonds is 6. The molecule has 2 aromatic carbocycles. The monoisotopic (exact) mass is 565 g/mol. The fraction of sp³-hybridized carbons (Fsp3) is 0.310. The van der Waals surface area contributed by atoms with Gasteiger partial charge in [0.1, 0.15) is 11.5 Å². The number of hydrogen-bond acceptors (Lipinski definition) is 2. The van der Waals surface area contributed by atoms with E-state index in [4.69, 9.17) is 0 Å². The van der Waals surface area contributed by atoms with Crippen molar-refractivity contribution in [3.63, 3.8) is 0 Å². The fourth-order valence-corrected chi connectivity index (χ4v) is 4.30. The van der Waals surface area contributed by atoms with Gasteiger partial charge in [-0.05, 0) is 52.8 Å². The Labute approximate surface area is 225 Å². The molecule has 0 saturated heterocycles. The maximum Gasteiger partial charge on any atom is 0.433 e. The van der Waals surface area contributed by atoms with Crippen molar-refractivity contribution in [1.82, 2.24) is 14.9 Å². The number of halogens is 7. The third-order valence-corrected chi connectivity index (χ3v) is 6.52. The van der Waals surface area contributed by atoms with E-state index in [1.807, 2.05) is 32.9 Å². The van der Waals surface area contributed by atoms with Crippen LogP contribution in [0.3, 0.4) is 0 Å². The largest absolute Gasteiger partial charge is 0.433 e. The SMILES string of the molecule is CC(C)(C)c1ccc(CN(CCc2ccc(F)c(C(F)(F)F)c2)C(=O)c2nc(C(F)(F)F)cc3cc[nH]c23)cc1. The Hall–Kier alpha value is -3.89. The molecule has 4 rings (SSSR count). The molecule has 0 aliphatic heterocycles. The van der Waals surface area contributed by atoms with Crippen molar-refractivity contribution >= 4 is 16.8 Å². The topological polar surface area (TPSA) is 49.0 Å². The van der Waals surface area contributed by atoms with Gasteiger partial charge in [0.25, 0.3) is 5.91 Å². The normalized spacial score (nSPS) is 12.7. The van der Waals surface area contributed by atoms with E-state index in [1.165, 1.54) is 23.2 Å². The number of carbonyl (C=O) groups excluding carboxylic acids is 1. The van der Waals surface area contributed by atoms with Crippen molar-refractivity contribution in [3.05, 3.63) is 100 Å². The van der Waals surface area contributed by atoms with E-state index in [1.54, 1.807) is 12.1 Å². The summed E-state index contributed by atoms with van der Waals surface area (Å²) in [6.07, 6.45) is -8.44. The van der Waals surface area contributed by atoms with Gasteiger partial charge in [0.2, 0.25) is 0 Å². The number of alkyl halides is 6. The molecule has 0 aliphatic carbocycles. The zero-order valence-electron chi connectivity index (χ0n) is 21.8. The van der Waals surface area contributed by atoms with Crippen LogP contribution in [0, 0.1) is 5.82 Å². The van der Waals surface area contributed by atoms with E-state index in [-0.39, 0.29) is 41.4 Å². The first-order chi connectivity index (χ1) is 18.5. The smallest absolute Gasteiger partial charge is 0.359 e. The van der Waals surface area contributed by atoms with E-state index < -0.39 is 41.0 Å². The van der Waals surface area contributed by atoms with Crippen molar-refractivity contribution in [1.29, 1.82) is 0 Å². The number of pyridine rings is 1. The molecular weight excluding hydrogens is 539 g/mol. The van der Waals surface area contributed by atoms with Crippen LogP contribution >= 0.6 is 0 Å². The van der Waals surface area contributed by atoms with Crippen LogP contribution in [0.4, 0.5) is 30.7 Å². The van der Waals surface area contributed by atoms with Crippen LogP contribution in [0.2, 0.25) is 0 Å². The highest BCUT2D eigenvalue weighted by Gasteiger charge is 2.36. The fourth-order valence-electron chi connectivity index (χ4n) is 4.30. The third kappa shape index (κ3) is 6.46. The summed E-state index contributed by atoms with van der Waals surface area (Å²) in [7, 11) is 0. The van der Waals surface area contributed by atoms with Crippen molar-refractivity contribution in [3.8, 4) is 0 Å². The summed E-state index contributed by atoms with van der Waals surface area (Å²) in [5.74, 6) is -2.26. The molecule has 0 saturated carbocycles. The highest BCUT2D eigenvalue weighted by Crippen LogP contribution is 2.33. The minimum absolute atomic E-state index is 0.0449. The molecule has 212 valence electrons. The van der Waals surface area contributed by atoms with Crippen LogP contribution in [0.5, 0.6) is 0 Å². The summed E-state index contributed by atoms with van der Waals surface area (Å²) in [6, 6.07) is 12.1. The van der Waals surface area contributed by atoms with Crippen molar-refractivity contribution in [2.45, 2.75) is 51.5 Å². The molecule has 0 aliphatic rings. The Morgan fingerprint density at radius 3 is 2.12 bits per heavy atom. The third-order valence-electron chi connectivity index (χ3n) is 6.52. The first kappa shape index (κ1) is 29.1. The van der Waals surface area contributed by atoms with Gasteiger partial charge in [-0.3, -0.25) is 4.79 Å². The lowest BCUT2D eigenvalue weighted by Gasteiger charge is -2.24. The van der Waals surface area contributed by atoms with Gasteiger partial charge in [0, 0.05) is 24.7 Å². The van der Waals surface area contributed by atoms with Crippen LogP contribution < -0.4 is 0 Å². The first-order valence-corrected chi connectivity index (χ1v) is 12.3. The molecule has 0 atom stereocenters. The minimum atomic E-state index is -4.91.